The Morgan fingerprint density at radius 2 is 1.72 bits per heavy atom. The van der Waals surface area contributed by atoms with Gasteiger partial charge in [-0.1, -0.05) is 60.7 Å². The molecule has 0 saturated carbocycles. The fourth-order valence-corrected chi connectivity index (χ4v) is 3.73. The van der Waals surface area contributed by atoms with Crippen molar-refractivity contribution < 1.29 is 28.5 Å². The van der Waals surface area contributed by atoms with Gasteiger partial charge in [-0.2, -0.15) is 0 Å². The van der Waals surface area contributed by atoms with Crippen molar-refractivity contribution in [3.63, 3.8) is 0 Å². The first-order valence-electron chi connectivity index (χ1n) is 10.8. The number of carbonyl (C=O) groups excluding carboxylic acids is 1. The molecule has 6 heteroatoms. The molecule has 6 nitrogen and oxygen atoms in total. The molecule has 2 aliphatic heterocycles. The summed E-state index contributed by atoms with van der Waals surface area (Å²) in [4.78, 5) is 12.7. The van der Waals surface area contributed by atoms with Crippen LogP contribution in [0.3, 0.4) is 0 Å². The lowest BCUT2D eigenvalue weighted by atomic mass is 10.1. The van der Waals surface area contributed by atoms with Crippen LogP contribution in [0.1, 0.15) is 31.9 Å². The van der Waals surface area contributed by atoms with Crippen molar-refractivity contribution >= 4 is 12.0 Å². The first-order chi connectivity index (χ1) is 15.4. The number of benzene rings is 2. The highest BCUT2D eigenvalue weighted by Crippen LogP contribution is 2.41. The molecule has 0 bridgehead atoms. The Kier molecular flexibility index (Phi) is 6.74. The second-order valence-corrected chi connectivity index (χ2v) is 8.08. The van der Waals surface area contributed by atoms with Crippen molar-refractivity contribution in [2.24, 2.45) is 0 Å². The summed E-state index contributed by atoms with van der Waals surface area (Å²) < 4.78 is 29.5. The lowest BCUT2D eigenvalue weighted by Gasteiger charge is -2.22. The van der Waals surface area contributed by atoms with Crippen molar-refractivity contribution in [2.45, 2.75) is 51.7 Å². The molecular weight excluding hydrogens is 408 g/mol. The third kappa shape index (κ3) is 5.27. The van der Waals surface area contributed by atoms with Gasteiger partial charge in [-0.25, -0.2) is 4.79 Å². The summed E-state index contributed by atoms with van der Waals surface area (Å²) in [6.07, 6.45) is 1.84. The third-order valence-electron chi connectivity index (χ3n) is 5.12. The van der Waals surface area contributed by atoms with E-state index in [1.807, 2.05) is 74.5 Å². The molecule has 0 spiro atoms. The van der Waals surface area contributed by atoms with Gasteiger partial charge < -0.3 is 23.7 Å². The lowest BCUT2D eigenvalue weighted by molar-refractivity contribution is -0.191. The standard InChI is InChI=1S/C26H28O6/c1-4-28-24(27)20(15-18-11-7-5-8-12-18)16-21-22(29-17-19-13-9-6-10-14-19)23-25(30-21)32-26(2,3)31-23/h5-16,22-23,25H,4,17H2,1-3H3/b20-15-,21-16-/t22-,23+,25+/m0/s1. The maximum atomic E-state index is 12.7. The molecule has 0 unspecified atom stereocenters. The Morgan fingerprint density at radius 1 is 1.03 bits per heavy atom. The van der Waals surface area contributed by atoms with Gasteiger partial charge in [-0.3, -0.25) is 0 Å². The van der Waals surface area contributed by atoms with Gasteiger partial charge in [0, 0.05) is 0 Å². The molecule has 2 aromatic carbocycles. The molecule has 3 atom stereocenters. The van der Waals surface area contributed by atoms with Crippen LogP contribution in [0.5, 0.6) is 0 Å². The zero-order valence-corrected chi connectivity index (χ0v) is 18.5. The molecule has 0 aliphatic carbocycles. The van der Waals surface area contributed by atoms with Gasteiger partial charge in [-0.05, 0) is 44.1 Å². The Bertz CT molecular complexity index is 980. The van der Waals surface area contributed by atoms with Gasteiger partial charge in [0.25, 0.3) is 0 Å². The zero-order valence-electron chi connectivity index (χ0n) is 18.5. The lowest BCUT2D eigenvalue weighted by Crippen LogP contribution is -2.31. The summed E-state index contributed by atoms with van der Waals surface area (Å²) in [5.74, 6) is -0.742. The summed E-state index contributed by atoms with van der Waals surface area (Å²) in [6.45, 7) is 6.10. The third-order valence-corrected chi connectivity index (χ3v) is 5.12. The van der Waals surface area contributed by atoms with Gasteiger partial charge in [0.2, 0.25) is 6.29 Å². The number of hydrogen-bond acceptors (Lipinski definition) is 6. The molecule has 2 aromatic rings. The van der Waals surface area contributed by atoms with E-state index in [-0.39, 0.29) is 6.61 Å². The fraction of sp³-hybridized carbons (Fsp3) is 0.346. The molecule has 168 valence electrons. The van der Waals surface area contributed by atoms with E-state index in [0.29, 0.717) is 17.9 Å². The number of esters is 1. The SMILES string of the molecule is CCOC(=O)C(=C\c1ccccc1)/C=C1\O[C@@H]2OC(C)(C)O[C@@H]2[C@H]1OCc1ccccc1. The average molecular weight is 437 g/mol. The van der Waals surface area contributed by atoms with E-state index in [0.717, 1.165) is 11.1 Å². The van der Waals surface area contributed by atoms with E-state index in [1.54, 1.807) is 19.1 Å². The topological polar surface area (TPSA) is 63.2 Å². The predicted molar refractivity (Wildman–Crippen MR) is 119 cm³/mol. The van der Waals surface area contributed by atoms with Crippen molar-refractivity contribution in [2.75, 3.05) is 6.61 Å². The number of fused-ring (bicyclic) bond motifs is 1. The number of hydrogen-bond donors (Lipinski definition) is 0. The molecule has 0 N–H and O–H groups in total. The summed E-state index contributed by atoms with van der Waals surface area (Å²) in [5.41, 5.74) is 2.26. The van der Waals surface area contributed by atoms with E-state index >= 15 is 0 Å². The number of ether oxygens (including phenoxy) is 5. The maximum Gasteiger partial charge on any atom is 0.338 e. The summed E-state index contributed by atoms with van der Waals surface area (Å²) in [7, 11) is 0. The minimum atomic E-state index is -0.779. The maximum absolute atomic E-state index is 12.7. The fourth-order valence-electron chi connectivity index (χ4n) is 3.73. The van der Waals surface area contributed by atoms with Crippen LogP contribution in [-0.4, -0.2) is 36.9 Å². The Morgan fingerprint density at radius 3 is 2.41 bits per heavy atom. The van der Waals surface area contributed by atoms with Crippen LogP contribution in [-0.2, 0) is 35.1 Å². The molecule has 0 amide bonds. The van der Waals surface area contributed by atoms with Crippen molar-refractivity contribution in [3.05, 3.63) is 89.2 Å². The van der Waals surface area contributed by atoms with E-state index in [2.05, 4.69) is 0 Å². The molecule has 0 radical (unpaired) electrons. The minimum absolute atomic E-state index is 0.272. The minimum Gasteiger partial charge on any atom is -0.463 e. The van der Waals surface area contributed by atoms with Crippen molar-refractivity contribution in [1.29, 1.82) is 0 Å². The van der Waals surface area contributed by atoms with Crippen LogP contribution in [0.4, 0.5) is 0 Å². The van der Waals surface area contributed by atoms with Crippen LogP contribution < -0.4 is 0 Å². The van der Waals surface area contributed by atoms with Crippen LogP contribution >= 0.6 is 0 Å². The number of rotatable bonds is 7. The van der Waals surface area contributed by atoms with Crippen LogP contribution in [0.25, 0.3) is 6.08 Å². The summed E-state index contributed by atoms with van der Waals surface area (Å²) in [5, 5.41) is 0. The van der Waals surface area contributed by atoms with E-state index < -0.39 is 30.3 Å². The molecule has 4 rings (SSSR count). The van der Waals surface area contributed by atoms with Gasteiger partial charge in [0.05, 0.1) is 18.8 Å². The van der Waals surface area contributed by atoms with Crippen LogP contribution in [0.2, 0.25) is 0 Å². The highest BCUT2D eigenvalue weighted by molar-refractivity contribution is 5.96. The molecule has 2 heterocycles. The molecule has 2 fully saturated rings. The van der Waals surface area contributed by atoms with Gasteiger partial charge in [-0.15, -0.1) is 0 Å². The zero-order chi connectivity index (χ0) is 22.6. The van der Waals surface area contributed by atoms with Gasteiger partial charge in [0.15, 0.2) is 11.9 Å². The van der Waals surface area contributed by atoms with Gasteiger partial charge >= 0.3 is 5.97 Å². The second-order valence-electron chi connectivity index (χ2n) is 8.08. The normalized spacial score (nSPS) is 25.4. The highest BCUT2D eigenvalue weighted by Gasteiger charge is 2.54. The molecule has 32 heavy (non-hydrogen) atoms. The monoisotopic (exact) mass is 436 g/mol. The van der Waals surface area contributed by atoms with Crippen LogP contribution in [0, 0.1) is 0 Å². The van der Waals surface area contributed by atoms with E-state index in [4.69, 9.17) is 23.7 Å². The smallest absolute Gasteiger partial charge is 0.338 e. The Labute approximate surface area is 188 Å². The Hall–Kier alpha value is -2.93. The quantitative estimate of drug-likeness (QED) is 0.467. The van der Waals surface area contributed by atoms with Crippen molar-refractivity contribution in [1.82, 2.24) is 0 Å². The molecule has 2 aliphatic rings. The van der Waals surface area contributed by atoms with E-state index in [1.165, 1.54) is 0 Å². The van der Waals surface area contributed by atoms with Crippen LogP contribution in [0.15, 0.2) is 78.1 Å². The molecule has 2 saturated heterocycles. The highest BCUT2D eigenvalue weighted by atomic mass is 16.8. The predicted octanol–water partition coefficient (Wildman–Crippen LogP) is 4.61. The average Bonchev–Trinajstić information content (AvgIpc) is 3.24. The molecule has 0 aromatic heterocycles. The number of carbonyl (C=O) groups is 1. The van der Waals surface area contributed by atoms with Crippen molar-refractivity contribution in [3.8, 4) is 0 Å². The largest absolute Gasteiger partial charge is 0.463 e. The molecular formula is C26H28O6. The van der Waals surface area contributed by atoms with Gasteiger partial charge in [0.1, 0.15) is 11.9 Å². The van der Waals surface area contributed by atoms with E-state index in [9.17, 15) is 4.79 Å². The first-order valence-corrected chi connectivity index (χ1v) is 10.8. The summed E-state index contributed by atoms with van der Waals surface area (Å²) >= 11 is 0. The summed E-state index contributed by atoms with van der Waals surface area (Å²) in [6, 6.07) is 19.4. The second kappa shape index (κ2) is 9.69. The first kappa shape index (κ1) is 22.3. The Balaban J connectivity index is 1.64.